The van der Waals surface area contributed by atoms with E-state index in [9.17, 15) is 0 Å². The van der Waals surface area contributed by atoms with Gasteiger partial charge in [0.25, 0.3) is 0 Å². The molecule has 0 aromatic carbocycles. The van der Waals surface area contributed by atoms with Crippen molar-refractivity contribution in [1.82, 2.24) is 0 Å². The summed E-state index contributed by atoms with van der Waals surface area (Å²) >= 11 is 1.80. The Kier molecular flexibility index (Phi) is 6.26. The Hall–Kier alpha value is 0.447. The normalized spacial score (nSPS) is 12.0. The van der Waals surface area contributed by atoms with Gasteiger partial charge in [-0.3, -0.25) is 0 Å². The first kappa shape index (κ1) is 11.4. The lowest BCUT2D eigenvalue weighted by atomic mass is 10.8. The van der Waals surface area contributed by atoms with E-state index in [1.54, 1.807) is 26.0 Å². The summed E-state index contributed by atoms with van der Waals surface area (Å²) in [5, 5.41) is 0.956. The SMILES string of the molecule is CO[Si](C)(CSCCN)OC. The smallest absolute Gasteiger partial charge is 0.344 e. The van der Waals surface area contributed by atoms with E-state index < -0.39 is 8.56 Å². The third-order valence-electron chi connectivity index (χ3n) is 1.49. The summed E-state index contributed by atoms with van der Waals surface area (Å²) < 4.78 is 10.6. The minimum Gasteiger partial charge on any atom is -0.397 e. The highest BCUT2D eigenvalue weighted by Gasteiger charge is 2.27. The Bertz CT molecular complexity index is 101. The number of hydrogen-bond donors (Lipinski definition) is 1. The van der Waals surface area contributed by atoms with Crippen LogP contribution in [-0.4, -0.2) is 40.5 Å². The van der Waals surface area contributed by atoms with Gasteiger partial charge in [0.15, 0.2) is 0 Å². The predicted octanol–water partition coefficient (Wildman–Crippen LogP) is 0.582. The number of nitrogens with two attached hydrogens (primary N) is 1. The van der Waals surface area contributed by atoms with Crippen LogP contribution in [0.5, 0.6) is 0 Å². The van der Waals surface area contributed by atoms with Crippen LogP contribution in [0.25, 0.3) is 0 Å². The van der Waals surface area contributed by atoms with Crippen molar-refractivity contribution in [3.63, 3.8) is 0 Å². The van der Waals surface area contributed by atoms with Gasteiger partial charge in [-0.1, -0.05) is 0 Å². The molecular formula is C6H17NO2SSi. The van der Waals surface area contributed by atoms with Crippen molar-refractivity contribution in [3.05, 3.63) is 0 Å². The molecular weight excluding hydrogens is 178 g/mol. The minimum absolute atomic E-state index is 0.725. The van der Waals surface area contributed by atoms with E-state index in [2.05, 4.69) is 6.55 Å². The van der Waals surface area contributed by atoms with Crippen molar-refractivity contribution in [2.75, 3.05) is 31.9 Å². The van der Waals surface area contributed by atoms with Crippen LogP contribution in [0.1, 0.15) is 0 Å². The maximum absolute atomic E-state index is 5.35. The molecule has 0 aliphatic carbocycles. The van der Waals surface area contributed by atoms with E-state index in [0.29, 0.717) is 0 Å². The average molecular weight is 195 g/mol. The van der Waals surface area contributed by atoms with Gasteiger partial charge in [0, 0.05) is 31.9 Å². The molecule has 0 rings (SSSR count). The molecule has 0 aromatic heterocycles. The summed E-state index contributed by atoms with van der Waals surface area (Å²) in [4.78, 5) is 0. The molecule has 0 bridgehead atoms. The maximum Gasteiger partial charge on any atom is 0.344 e. The highest BCUT2D eigenvalue weighted by Crippen LogP contribution is 2.12. The Labute approximate surface area is 73.9 Å². The van der Waals surface area contributed by atoms with Gasteiger partial charge in [0.05, 0.1) is 0 Å². The molecule has 0 saturated carbocycles. The molecule has 2 N–H and O–H groups in total. The molecule has 0 unspecified atom stereocenters. The summed E-state index contributed by atoms with van der Waals surface area (Å²) in [6.07, 6.45) is 0. The van der Waals surface area contributed by atoms with E-state index in [-0.39, 0.29) is 0 Å². The van der Waals surface area contributed by atoms with E-state index in [4.69, 9.17) is 14.6 Å². The van der Waals surface area contributed by atoms with Crippen molar-refractivity contribution in [1.29, 1.82) is 0 Å². The standard InChI is InChI=1S/C6H17NO2SSi/c1-8-11(3,9-2)6-10-5-4-7/h4-7H2,1-3H3. The zero-order chi connectivity index (χ0) is 8.74. The lowest BCUT2D eigenvalue weighted by molar-refractivity contribution is 0.257. The Morgan fingerprint density at radius 1 is 1.36 bits per heavy atom. The van der Waals surface area contributed by atoms with E-state index in [0.717, 1.165) is 17.7 Å². The summed E-state index contributed by atoms with van der Waals surface area (Å²) in [6, 6.07) is 0. The van der Waals surface area contributed by atoms with Gasteiger partial charge in [-0.25, -0.2) is 0 Å². The van der Waals surface area contributed by atoms with E-state index in [1.165, 1.54) is 0 Å². The summed E-state index contributed by atoms with van der Waals surface area (Å²) in [7, 11) is 1.59. The zero-order valence-corrected chi connectivity index (χ0v) is 9.24. The second kappa shape index (κ2) is 6.02. The van der Waals surface area contributed by atoms with Gasteiger partial charge in [-0.15, -0.1) is 0 Å². The summed E-state index contributed by atoms with van der Waals surface area (Å²) in [6.45, 7) is 2.78. The van der Waals surface area contributed by atoms with Crippen LogP contribution in [-0.2, 0) is 8.85 Å². The number of rotatable bonds is 6. The van der Waals surface area contributed by atoms with Gasteiger partial charge in [-0.05, 0) is 6.55 Å². The molecule has 5 heteroatoms. The highest BCUT2D eigenvalue weighted by atomic mass is 32.2. The summed E-state index contributed by atoms with van der Waals surface area (Å²) in [5.41, 5.74) is 5.35. The maximum atomic E-state index is 5.35. The molecule has 0 amide bonds. The van der Waals surface area contributed by atoms with Crippen LogP contribution in [0, 0.1) is 0 Å². The first-order valence-electron chi connectivity index (χ1n) is 3.56. The largest absolute Gasteiger partial charge is 0.397 e. The summed E-state index contributed by atoms with van der Waals surface area (Å²) in [5.74, 6) is 0.981. The molecule has 0 aromatic rings. The molecule has 0 heterocycles. The lowest BCUT2D eigenvalue weighted by Crippen LogP contribution is -2.39. The molecule has 3 nitrogen and oxygen atoms in total. The molecule has 11 heavy (non-hydrogen) atoms. The van der Waals surface area contributed by atoms with Crippen LogP contribution in [0.4, 0.5) is 0 Å². The molecule has 0 atom stereocenters. The Morgan fingerprint density at radius 3 is 2.27 bits per heavy atom. The number of thioether (sulfide) groups is 1. The van der Waals surface area contributed by atoms with Crippen molar-refractivity contribution in [3.8, 4) is 0 Å². The molecule has 0 radical (unpaired) electrons. The molecule has 0 spiro atoms. The monoisotopic (exact) mass is 195 g/mol. The Balaban J connectivity index is 3.51. The predicted molar refractivity (Wildman–Crippen MR) is 52.0 cm³/mol. The molecule has 68 valence electrons. The molecule has 0 aliphatic rings. The first-order chi connectivity index (χ1) is 5.18. The fourth-order valence-electron chi connectivity index (χ4n) is 0.542. The Morgan fingerprint density at radius 2 is 1.91 bits per heavy atom. The van der Waals surface area contributed by atoms with Crippen molar-refractivity contribution < 1.29 is 8.85 Å². The zero-order valence-electron chi connectivity index (χ0n) is 7.42. The van der Waals surface area contributed by atoms with Crippen LogP contribution in [0.3, 0.4) is 0 Å². The first-order valence-corrected chi connectivity index (χ1v) is 7.24. The van der Waals surface area contributed by atoms with Crippen molar-refractivity contribution in [2.45, 2.75) is 6.55 Å². The fourth-order valence-corrected chi connectivity index (χ4v) is 3.88. The van der Waals surface area contributed by atoms with Crippen LogP contribution in [0.15, 0.2) is 0 Å². The van der Waals surface area contributed by atoms with E-state index >= 15 is 0 Å². The molecule has 0 saturated heterocycles. The van der Waals surface area contributed by atoms with E-state index in [1.807, 2.05) is 0 Å². The second-order valence-corrected chi connectivity index (χ2v) is 7.44. The van der Waals surface area contributed by atoms with Gasteiger partial charge >= 0.3 is 8.56 Å². The van der Waals surface area contributed by atoms with Crippen LogP contribution >= 0.6 is 11.8 Å². The topological polar surface area (TPSA) is 44.5 Å². The fraction of sp³-hybridized carbons (Fsp3) is 1.00. The van der Waals surface area contributed by atoms with Gasteiger partial charge < -0.3 is 14.6 Å². The van der Waals surface area contributed by atoms with Gasteiger partial charge in [-0.2, -0.15) is 11.8 Å². The van der Waals surface area contributed by atoms with Crippen molar-refractivity contribution >= 4 is 20.3 Å². The van der Waals surface area contributed by atoms with Crippen molar-refractivity contribution in [2.24, 2.45) is 5.73 Å². The number of hydrogen-bond acceptors (Lipinski definition) is 4. The molecule has 0 aliphatic heterocycles. The average Bonchev–Trinajstić information content (AvgIpc) is 2.05. The van der Waals surface area contributed by atoms with Gasteiger partial charge in [0.2, 0.25) is 0 Å². The van der Waals surface area contributed by atoms with Gasteiger partial charge in [0.1, 0.15) is 0 Å². The quantitative estimate of drug-likeness (QED) is 0.497. The minimum atomic E-state index is -1.83. The molecule has 0 fully saturated rings. The third kappa shape index (κ3) is 4.81. The third-order valence-corrected chi connectivity index (χ3v) is 6.66. The highest BCUT2D eigenvalue weighted by molar-refractivity contribution is 8.00. The lowest BCUT2D eigenvalue weighted by Gasteiger charge is -2.21. The van der Waals surface area contributed by atoms with Crippen LogP contribution in [0.2, 0.25) is 6.55 Å². The van der Waals surface area contributed by atoms with Crippen LogP contribution < -0.4 is 5.73 Å². The second-order valence-electron chi connectivity index (χ2n) is 2.38.